The summed E-state index contributed by atoms with van der Waals surface area (Å²) in [5.41, 5.74) is 0. The third-order valence-electron chi connectivity index (χ3n) is 3.08. The van der Waals surface area contributed by atoms with Crippen LogP contribution in [0.25, 0.3) is 0 Å². The maximum Gasteiger partial charge on any atom is 0.234 e. The highest BCUT2D eigenvalue weighted by Gasteiger charge is 2.22. The maximum atomic E-state index is 11.6. The van der Waals surface area contributed by atoms with Gasteiger partial charge in [-0.15, -0.1) is 12.4 Å². The van der Waals surface area contributed by atoms with Crippen molar-refractivity contribution in [2.24, 2.45) is 5.92 Å². The van der Waals surface area contributed by atoms with Gasteiger partial charge in [0.25, 0.3) is 0 Å². The van der Waals surface area contributed by atoms with Crippen LogP contribution in [0.4, 0.5) is 0 Å². The lowest BCUT2D eigenvalue weighted by Gasteiger charge is -2.18. The van der Waals surface area contributed by atoms with Crippen molar-refractivity contribution in [3.63, 3.8) is 0 Å². The molecule has 0 aromatic rings. The van der Waals surface area contributed by atoms with Gasteiger partial charge in [0.05, 0.1) is 6.54 Å². The van der Waals surface area contributed by atoms with Crippen LogP contribution in [0.5, 0.6) is 0 Å². The molecule has 1 saturated heterocycles. The molecule has 16 heavy (non-hydrogen) atoms. The Kier molecular flexibility index (Phi) is 6.09. The van der Waals surface area contributed by atoms with Crippen molar-refractivity contribution in [2.45, 2.75) is 19.3 Å². The molecule has 94 valence electrons. The number of nitrogens with zero attached hydrogens (tertiary/aromatic N) is 1. The van der Waals surface area contributed by atoms with Crippen LogP contribution in [0.15, 0.2) is 0 Å². The second kappa shape index (κ2) is 7.09. The van der Waals surface area contributed by atoms with E-state index in [0.29, 0.717) is 6.54 Å². The molecule has 1 amide bonds. The molecule has 0 spiro atoms. The predicted octanol–water partition coefficient (Wildman–Crippen LogP) is 0.230. The summed E-state index contributed by atoms with van der Waals surface area (Å²) in [4.78, 5) is 13.8. The fourth-order valence-corrected chi connectivity index (χ4v) is 1.90. The highest BCUT2D eigenvalue weighted by molar-refractivity contribution is 5.85. The van der Waals surface area contributed by atoms with Gasteiger partial charge in [-0.05, 0) is 38.3 Å². The molecule has 0 radical (unpaired) electrons. The van der Waals surface area contributed by atoms with E-state index in [-0.39, 0.29) is 18.3 Å². The highest BCUT2D eigenvalue weighted by Crippen LogP contribution is 2.27. The van der Waals surface area contributed by atoms with Gasteiger partial charge in [0.1, 0.15) is 0 Å². The molecule has 0 unspecified atom stereocenters. The van der Waals surface area contributed by atoms with Crippen molar-refractivity contribution in [3.8, 4) is 0 Å². The first-order valence-electron chi connectivity index (χ1n) is 6.04. The highest BCUT2D eigenvalue weighted by atomic mass is 35.5. The summed E-state index contributed by atoms with van der Waals surface area (Å²) in [6, 6.07) is 0. The van der Waals surface area contributed by atoms with E-state index in [4.69, 9.17) is 0 Å². The van der Waals surface area contributed by atoms with Gasteiger partial charge in [-0.2, -0.15) is 0 Å². The predicted molar refractivity (Wildman–Crippen MR) is 66.9 cm³/mol. The lowest BCUT2D eigenvalue weighted by molar-refractivity contribution is -0.122. The molecule has 0 atom stereocenters. The molecule has 0 aromatic heterocycles. The minimum Gasteiger partial charge on any atom is -0.355 e. The van der Waals surface area contributed by atoms with Gasteiger partial charge in [0.2, 0.25) is 5.91 Å². The summed E-state index contributed by atoms with van der Waals surface area (Å²) >= 11 is 0. The Morgan fingerprint density at radius 1 is 1.31 bits per heavy atom. The summed E-state index contributed by atoms with van der Waals surface area (Å²) in [5, 5.41) is 6.35. The number of amides is 1. The number of rotatable bonds is 4. The van der Waals surface area contributed by atoms with Crippen molar-refractivity contribution in [1.82, 2.24) is 15.5 Å². The van der Waals surface area contributed by atoms with Crippen LogP contribution in [0.3, 0.4) is 0 Å². The molecule has 4 nitrogen and oxygen atoms in total. The fourth-order valence-electron chi connectivity index (χ4n) is 1.90. The fraction of sp³-hybridized carbons (Fsp3) is 0.909. The monoisotopic (exact) mass is 247 g/mol. The molecule has 1 heterocycles. The maximum absolute atomic E-state index is 11.6. The molecule has 1 saturated carbocycles. The quantitative estimate of drug-likeness (QED) is 0.748. The van der Waals surface area contributed by atoms with Crippen LogP contribution in [0, 0.1) is 5.92 Å². The molecule has 2 aliphatic rings. The van der Waals surface area contributed by atoms with Gasteiger partial charge < -0.3 is 10.6 Å². The third kappa shape index (κ3) is 5.14. The van der Waals surface area contributed by atoms with E-state index >= 15 is 0 Å². The van der Waals surface area contributed by atoms with E-state index < -0.39 is 0 Å². The summed E-state index contributed by atoms with van der Waals surface area (Å²) in [6.45, 7) is 5.61. The lowest BCUT2D eigenvalue weighted by atomic mass is 10.3. The van der Waals surface area contributed by atoms with E-state index in [2.05, 4.69) is 15.5 Å². The van der Waals surface area contributed by atoms with Crippen LogP contribution in [-0.2, 0) is 4.79 Å². The smallest absolute Gasteiger partial charge is 0.234 e. The van der Waals surface area contributed by atoms with Crippen LogP contribution in [-0.4, -0.2) is 50.1 Å². The van der Waals surface area contributed by atoms with Crippen LogP contribution < -0.4 is 10.6 Å². The van der Waals surface area contributed by atoms with Crippen LogP contribution in [0.2, 0.25) is 0 Å². The van der Waals surface area contributed by atoms with Crippen molar-refractivity contribution in [2.75, 3.05) is 39.3 Å². The Hall–Kier alpha value is -0.320. The Bertz CT molecular complexity index is 213. The second-order valence-electron chi connectivity index (χ2n) is 4.63. The molecule has 2 rings (SSSR count). The van der Waals surface area contributed by atoms with Gasteiger partial charge in [0, 0.05) is 19.6 Å². The third-order valence-corrected chi connectivity index (χ3v) is 3.08. The van der Waals surface area contributed by atoms with Crippen molar-refractivity contribution >= 4 is 18.3 Å². The molecule has 0 bridgehead atoms. The zero-order valence-corrected chi connectivity index (χ0v) is 10.5. The largest absolute Gasteiger partial charge is 0.355 e. The van der Waals surface area contributed by atoms with Gasteiger partial charge in [-0.1, -0.05) is 0 Å². The normalized spacial score (nSPS) is 22.0. The average molecular weight is 248 g/mol. The molecule has 1 aliphatic heterocycles. The molecular formula is C11H22ClN3O. The number of carbonyl (C=O) groups excluding carboxylic acids is 1. The molecular weight excluding hydrogens is 226 g/mol. The van der Waals surface area contributed by atoms with Gasteiger partial charge in [-0.25, -0.2) is 0 Å². The number of nitrogens with one attached hydrogen (secondary N) is 2. The van der Waals surface area contributed by atoms with E-state index in [9.17, 15) is 4.79 Å². The topological polar surface area (TPSA) is 44.4 Å². The first kappa shape index (κ1) is 13.7. The summed E-state index contributed by atoms with van der Waals surface area (Å²) in [6.07, 6.45) is 3.75. The number of halogens is 1. The van der Waals surface area contributed by atoms with E-state index in [0.717, 1.165) is 45.1 Å². The minimum absolute atomic E-state index is 0. The number of carbonyl (C=O) groups is 1. The van der Waals surface area contributed by atoms with E-state index in [1.54, 1.807) is 0 Å². The number of hydrogen-bond donors (Lipinski definition) is 2. The SMILES string of the molecule is Cl.O=C(CN1CCCNCC1)NCC1CC1. The molecule has 5 heteroatoms. The van der Waals surface area contributed by atoms with Crippen molar-refractivity contribution in [3.05, 3.63) is 0 Å². The first-order chi connectivity index (χ1) is 7.34. The zero-order chi connectivity index (χ0) is 10.5. The lowest BCUT2D eigenvalue weighted by Crippen LogP contribution is -2.39. The van der Waals surface area contributed by atoms with E-state index in [1.807, 2.05) is 0 Å². The Morgan fingerprint density at radius 2 is 2.12 bits per heavy atom. The Morgan fingerprint density at radius 3 is 2.88 bits per heavy atom. The Labute approximate surface area is 104 Å². The summed E-state index contributed by atoms with van der Waals surface area (Å²) < 4.78 is 0. The Balaban J connectivity index is 0.00000128. The average Bonchev–Trinajstić information content (AvgIpc) is 3.03. The van der Waals surface area contributed by atoms with Gasteiger partial charge >= 0.3 is 0 Å². The minimum atomic E-state index is 0. The molecule has 2 fully saturated rings. The van der Waals surface area contributed by atoms with Crippen LogP contribution >= 0.6 is 12.4 Å². The number of hydrogen-bond acceptors (Lipinski definition) is 3. The summed E-state index contributed by atoms with van der Waals surface area (Å²) in [5.74, 6) is 0.976. The van der Waals surface area contributed by atoms with E-state index in [1.165, 1.54) is 12.8 Å². The molecule has 2 N–H and O–H groups in total. The van der Waals surface area contributed by atoms with Crippen LogP contribution in [0.1, 0.15) is 19.3 Å². The van der Waals surface area contributed by atoms with Gasteiger partial charge in [-0.3, -0.25) is 9.69 Å². The second-order valence-corrected chi connectivity index (χ2v) is 4.63. The zero-order valence-electron chi connectivity index (χ0n) is 9.71. The standard InChI is InChI=1S/C11H21N3O.ClH/c15-11(13-8-10-2-3-10)9-14-6-1-4-12-5-7-14;/h10,12H,1-9H2,(H,13,15);1H. The van der Waals surface area contributed by atoms with Gasteiger partial charge in [0.15, 0.2) is 0 Å². The van der Waals surface area contributed by atoms with Crippen molar-refractivity contribution < 1.29 is 4.79 Å². The summed E-state index contributed by atoms with van der Waals surface area (Å²) in [7, 11) is 0. The molecule has 1 aliphatic carbocycles. The van der Waals surface area contributed by atoms with Crippen molar-refractivity contribution in [1.29, 1.82) is 0 Å². The molecule has 0 aromatic carbocycles. The first-order valence-corrected chi connectivity index (χ1v) is 6.04.